The van der Waals surface area contributed by atoms with Gasteiger partial charge in [0.1, 0.15) is 0 Å². The fourth-order valence-electron chi connectivity index (χ4n) is 1.13. The molecule has 0 aliphatic heterocycles. The van der Waals surface area contributed by atoms with Gasteiger partial charge in [-0.1, -0.05) is 0 Å². The molecule has 2 radical (unpaired) electrons. The molecular formula is C10H22N2O2Si. The zero-order valence-corrected chi connectivity index (χ0v) is 11.8. The minimum Gasteiger partial charge on any atom is -0.513 e. The largest absolute Gasteiger partial charge is 0.513 e. The number of nitrogens with zero attached hydrogens (tertiary/aromatic N) is 2. The topological polar surface area (TPSA) is 24.9 Å². The van der Waals surface area contributed by atoms with Crippen LogP contribution in [0.1, 0.15) is 13.8 Å². The summed E-state index contributed by atoms with van der Waals surface area (Å²) < 4.78 is 10.8. The van der Waals surface area contributed by atoms with E-state index >= 15 is 0 Å². The molecule has 0 aromatic heterocycles. The second kappa shape index (κ2) is 6.87. The van der Waals surface area contributed by atoms with Gasteiger partial charge in [0.2, 0.25) is 0 Å². The van der Waals surface area contributed by atoms with E-state index in [0.717, 1.165) is 5.57 Å². The number of hydrogen-bond donors (Lipinski definition) is 0. The highest BCUT2D eigenvalue weighted by molar-refractivity contribution is 6.29. The van der Waals surface area contributed by atoms with E-state index in [-0.39, 0.29) is 5.79 Å². The lowest BCUT2D eigenvalue weighted by atomic mass is 10.4. The molecule has 0 saturated carbocycles. The summed E-state index contributed by atoms with van der Waals surface area (Å²) in [5, 5.41) is 0. The lowest BCUT2D eigenvalue weighted by molar-refractivity contribution is 0.127. The Morgan fingerprint density at radius 2 is 1.53 bits per heavy atom. The van der Waals surface area contributed by atoms with Gasteiger partial charge in [-0.05, 0) is 42.0 Å². The SMILES string of the molecule is COC(O[Si]C(N(C)C)N(C)C)=C(C)C. The molecule has 0 aliphatic carbocycles. The van der Waals surface area contributed by atoms with Crippen LogP contribution >= 0.6 is 0 Å². The highest BCUT2D eigenvalue weighted by Gasteiger charge is 2.18. The van der Waals surface area contributed by atoms with Crippen molar-refractivity contribution in [3.63, 3.8) is 0 Å². The van der Waals surface area contributed by atoms with Crippen LogP contribution in [0.5, 0.6) is 0 Å². The zero-order chi connectivity index (χ0) is 12.0. The second-order valence-corrected chi connectivity index (χ2v) is 4.97. The van der Waals surface area contributed by atoms with Crippen molar-refractivity contribution >= 4 is 9.76 Å². The van der Waals surface area contributed by atoms with Crippen LogP contribution < -0.4 is 0 Å². The van der Waals surface area contributed by atoms with Gasteiger partial charge in [0.25, 0.3) is 5.95 Å². The number of ether oxygens (including phenoxy) is 1. The van der Waals surface area contributed by atoms with Crippen LogP contribution in [0, 0.1) is 0 Å². The van der Waals surface area contributed by atoms with E-state index in [0.29, 0.717) is 15.7 Å². The summed E-state index contributed by atoms with van der Waals surface area (Å²) in [5.41, 5.74) is 1.06. The smallest absolute Gasteiger partial charge is 0.350 e. The Morgan fingerprint density at radius 1 is 1.07 bits per heavy atom. The van der Waals surface area contributed by atoms with Gasteiger partial charge in [-0.2, -0.15) is 0 Å². The molecule has 0 heterocycles. The number of allylic oxidation sites excluding steroid dienone is 1. The highest BCUT2D eigenvalue weighted by Crippen LogP contribution is 2.06. The van der Waals surface area contributed by atoms with Gasteiger partial charge in [0.05, 0.1) is 12.9 Å². The first-order valence-electron chi connectivity index (χ1n) is 4.86. The molecule has 0 spiro atoms. The predicted octanol–water partition coefficient (Wildman–Crippen LogP) is 0.927. The minimum absolute atomic E-state index is 0.273. The van der Waals surface area contributed by atoms with E-state index in [1.165, 1.54) is 0 Å². The van der Waals surface area contributed by atoms with E-state index in [9.17, 15) is 0 Å². The van der Waals surface area contributed by atoms with Crippen molar-refractivity contribution < 1.29 is 9.16 Å². The van der Waals surface area contributed by atoms with Gasteiger partial charge in [-0.25, -0.2) is 0 Å². The van der Waals surface area contributed by atoms with Crippen LogP contribution in [-0.2, 0) is 9.16 Å². The molecule has 0 unspecified atom stereocenters. The molecule has 0 bridgehead atoms. The molecule has 0 amide bonds. The second-order valence-electron chi connectivity index (χ2n) is 4.01. The quantitative estimate of drug-likeness (QED) is 0.385. The van der Waals surface area contributed by atoms with Gasteiger partial charge in [0, 0.05) is 5.57 Å². The van der Waals surface area contributed by atoms with Gasteiger partial charge >= 0.3 is 9.76 Å². The number of rotatable bonds is 6. The molecule has 0 rings (SSSR count). The first kappa shape index (κ1) is 14.5. The van der Waals surface area contributed by atoms with Crippen LogP contribution in [0.3, 0.4) is 0 Å². The van der Waals surface area contributed by atoms with Crippen molar-refractivity contribution in [3.8, 4) is 0 Å². The van der Waals surface area contributed by atoms with E-state index in [1.807, 2.05) is 42.0 Å². The monoisotopic (exact) mass is 230 g/mol. The molecule has 0 saturated heterocycles. The average molecular weight is 230 g/mol. The predicted molar refractivity (Wildman–Crippen MR) is 63.4 cm³/mol. The molecule has 0 aromatic carbocycles. The third-order valence-corrected chi connectivity index (χ3v) is 3.38. The maximum Gasteiger partial charge on any atom is 0.350 e. The van der Waals surface area contributed by atoms with Crippen LogP contribution in [0.2, 0.25) is 0 Å². The molecule has 4 nitrogen and oxygen atoms in total. The first-order chi connectivity index (χ1) is 6.90. The van der Waals surface area contributed by atoms with Crippen molar-refractivity contribution in [1.29, 1.82) is 0 Å². The van der Waals surface area contributed by atoms with E-state index in [4.69, 9.17) is 9.16 Å². The highest BCUT2D eigenvalue weighted by atomic mass is 28.2. The Hall–Kier alpha value is -0.523. The molecule has 88 valence electrons. The van der Waals surface area contributed by atoms with Crippen molar-refractivity contribution in [1.82, 2.24) is 9.80 Å². The summed E-state index contributed by atoms with van der Waals surface area (Å²) in [6.45, 7) is 3.95. The van der Waals surface area contributed by atoms with Gasteiger partial charge in [-0.3, -0.25) is 9.80 Å². The van der Waals surface area contributed by atoms with Crippen molar-refractivity contribution in [2.45, 2.75) is 19.6 Å². The van der Waals surface area contributed by atoms with Crippen LogP contribution in [0.4, 0.5) is 0 Å². The molecule has 0 atom stereocenters. The maximum atomic E-state index is 5.64. The standard InChI is InChI=1S/C10H22N2O2Si/c1-8(2)9(13-7)14-15-10(11(3)4)12(5)6/h10H,1-7H3. The lowest BCUT2D eigenvalue weighted by Crippen LogP contribution is -2.46. The summed E-state index contributed by atoms with van der Waals surface area (Å²) in [5.74, 6) is 0.900. The maximum absolute atomic E-state index is 5.64. The fraction of sp³-hybridized carbons (Fsp3) is 0.800. The summed E-state index contributed by atoms with van der Waals surface area (Å²) in [4.78, 5) is 4.24. The Bertz CT molecular complexity index is 205. The van der Waals surface area contributed by atoms with Gasteiger partial charge in [-0.15, -0.1) is 0 Å². The van der Waals surface area contributed by atoms with E-state index in [2.05, 4.69) is 9.80 Å². The van der Waals surface area contributed by atoms with E-state index in [1.54, 1.807) is 7.11 Å². The normalized spacial score (nSPS) is 11.1. The number of methoxy groups -OCH3 is 1. The Kier molecular flexibility index (Phi) is 6.63. The van der Waals surface area contributed by atoms with Crippen LogP contribution in [0.15, 0.2) is 11.5 Å². The molecule has 0 fully saturated rings. The molecular weight excluding hydrogens is 208 g/mol. The molecule has 0 N–H and O–H groups in total. The molecule has 0 aromatic rings. The molecule has 15 heavy (non-hydrogen) atoms. The lowest BCUT2D eigenvalue weighted by Gasteiger charge is -2.28. The Balaban J connectivity index is 4.28. The van der Waals surface area contributed by atoms with Crippen molar-refractivity contribution in [3.05, 3.63) is 11.5 Å². The third kappa shape index (κ3) is 5.20. The van der Waals surface area contributed by atoms with Gasteiger partial charge in [0.15, 0.2) is 0 Å². The van der Waals surface area contributed by atoms with Crippen molar-refractivity contribution in [2.75, 3.05) is 35.3 Å². The Morgan fingerprint density at radius 3 is 1.80 bits per heavy atom. The van der Waals surface area contributed by atoms with E-state index < -0.39 is 0 Å². The van der Waals surface area contributed by atoms with Crippen molar-refractivity contribution in [2.24, 2.45) is 0 Å². The minimum atomic E-state index is 0.273. The summed E-state index contributed by atoms with van der Waals surface area (Å²) in [6.07, 6.45) is 0. The van der Waals surface area contributed by atoms with Crippen LogP contribution in [0.25, 0.3) is 0 Å². The van der Waals surface area contributed by atoms with Crippen LogP contribution in [-0.4, -0.2) is 60.7 Å². The summed E-state index contributed by atoms with van der Waals surface area (Å²) >= 11 is 0. The zero-order valence-electron chi connectivity index (χ0n) is 10.8. The van der Waals surface area contributed by atoms with Gasteiger partial charge < -0.3 is 9.16 Å². The number of hydrogen-bond acceptors (Lipinski definition) is 4. The molecule has 5 heteroatoms. The molecule has 0 aliphatic rings. The average Bonchev–Trinajstić information content (AvgIpc) is 2.10. The first-order valence-corrected chi connectivity index (χ1v) is 5.85. The Labute approximate surface area is 95.8 Å². The fourth-order valence-corrected chi connectivity index (χ4v) is 2.05. The summed E-state index contributed by atoms with van der Waals surface area (Å²) in [6, 6.07) is 0. The summed E-state index contributed by atoms with van der Waals surface area (Å²) in [7, 11) is 10.1. The third-order valence-electron chi connectivity index (χ3n) is 1.83.